The standard InChI is InChI=1S/C10H18NO4P/c1-3-10(4-2)8-14-16(12,15-9-10)13-7-5-6-11/h3-5,7-9H2,1-2H3. The average molecular weight is 247 g/mol. The van der Waals surface area contributed by atoms with Crippen LogP contribution in [0.1, 0.15) is 33.1 Å². The first-order valence-corrected chi connectivity index (χ1v) is 6.96. The van der Waals surface area contributed by atoms with E-state index in [2.05, 4.69) is 13.8 Å². The Balaban J connectivity index is 2.47. The zero-order chi connectivity index (χ0) is 12.1. The van der Waals surface area contributed by atoms with Crippen molar-refractivity contribution < 1.29 is 18.1 Å². The van der Waals surface area contributed by atoms with E-state index in [1.54, 1.807) is 0 Å². The van der Waals surface area contributed by atoms with Crippen molar-refractivity contribution in [3.8, 4) is 6.07 Å². The molecule has 0 amide bonds. The van der Waals surface area contributed by atoms with Crippen molar-refractivity contribution in [3.63, 3.8) is 0 Å². The van der Waals surface area contributed by atoms with Crippen LogP contribution in [0.15, 0.2) is 0 Å². The molecule has 0 radical (unpaired) electrons. The summed E-state index contributed by atoms with van der Waals surface area (Å²) in [5, 5.41) is 8.34. The van der Waals surface area contributed by atoms with Crippen molar-refractivity contribution in [2.45, 2.75) is 33.1 Å². The van der Waals surface area contributed by atoms with E-state index in [0.29, 0.717) is 13.2 Å². The molecule has 0 unspecified atom stereocenters. The second kappa shape index (κ2) is 5.79. The molecule has 0 spiro atoms. The Kier molecular flexibility index (Phi) is 4.94. The van der Waals surface area contributed by atoms with Gasteiger partial charge in [0.1, 0.15) is 0 Å². The maximum Gasteiger partial charge on any atom is 0.474 e. The van der Waals surface area contributed by atoms with Crippen LogP contribution >= 0.6 is 7.82 Å². The highest BCUT2D eigenvalue weighted by Gasteiger charge is 2.41. The molecule has 1 aliphatic rings. The number of phosphoric acid groups is 1. The van der Waals surface area contributed by atoms with Gasteiger partial charge in [0.05, 0.1) is 32.3 Å². The summed E-state index contributed by atoms with van der Waals surface area (Å²) in [7, 11) is -3.40. The van der Waals surface area contributed by atoms with Crippen LogP contribution in [-0.4, -0.2) is 19.8 Å². The van der Waals surface area contributed by atoms with Gasteiger partial charge in [-0.2, -0.15) is 5.26 Å². The molecule has 0 aromatic heterocycles. The molecule has 0 saturated carbocycles. The van der Waals surface area contributed by atoms with Crippen molar-refractivity contribution in [2.24, 2.45) is 5.41 Å². The van der Waals surface area contributed by atoms with Crippen molar-refractivity contribution in [2.75, 3.05) is 19.8 Å². The molecule has 92 valence electrons. The van der Waals surface area contributed by atoms with Crippen LogP contribution in [0, 0.1) is 16.7 Å². The van der Waals surface area contributed by atoms with Crippen LogP contribution in [0.25, 0.3) is 0 Å². The molecular weight excluding hydrogens is 229 g/mol. The minimum absolute atomic E-state index is 0.0491. The summed E-state index contributed by atoms with van der Waals surface area (Å²) in [6, 6.07) is 1.91. The van der Waals surface area contributed by atoms with Gasteiger partial charge in [0, 0.05) is 5.41 Å². The zero-order valence-electron chi connectivity index (χ0n) is 9.77. The largest absolute Gasteiger partial charge is 0.474 e. The van der Waals surface area contributed by atoms with Gasteiger partial charge in [-0.15, -0.1) is 0 Å². The topological polar surface area (TPSA) is 68.5 Å². The first-order chi connectivity index (χ1) is 7.60. The maximum atomic E-state index is 11.9. The highest BCUT2D eigenvalue weighted by atomic mass is 31.2. The van der Waals surface area contributed by atoms with Crippen molar-refractivity contribution in [1.82, 2.24) is 0 Å². The molecule has 0 aromatic rings. The SMILES string of the molecule is CCC1(CC)COP(=O)(OCCC#N)OC1. The second-order valence-corrected chi connectivity index (χ2v) is 5.61. The van der Waals surface area contributed by atoms with E-state index in [0.717, 1.165) is 12.8 Å². The molecule has 0 atom stereocenters. The Bertz CT molecular complexity index is 294. The molecule has 5 nitrogen and oxygen atoms in total. The summed E-state index contributed by atoms with van der Waals surface area (Å²) in [6.07, 6.45) is 2.02. The number of phosphoric ester groups is 1. The van der Waals surface area contributed by atoms with Gasteiger partial charge in [0.15, 0.2) is 0 Å². The fourth-order valence-corrected chi connectivity index (χ4v) is 2.85. The van der Waals surface area contributed by atoms with Gasteiger partial charge in [0.2, 0.25) is 0 Å². The van der Waals surface area contributed by atoms with E-state index < -0.39 is 7.82 Å². The van der Waals surface area contributed by atoms with Crippen LogP contribution in [0.2, 0.25) is 0 Å². The first-order valence-electron chi connectivity index (χ1n) is 5.50. The second-order valence-electron chi connectivity index (χ2n) is 3.94. The molecule has 16 heavy (non-hydrogen) atoms. The van der Waals surface area contributed by atoms with Crippen LogP contribution in [0.5, 0.6) is 0 Å². The Labute approximate surface area is 96.3 Å². The minimum Gasteiger partial charge on any atom is -0.286 e. The van der Waals surface area contributed by atoms with Crippen molar-refractivity contribution in [1.29, 1.82) is 5.26 Å². The normalized spacial score (nSPS) is 22.6. The van der Waals surface area contributed by atoms with Gasteiger partial charge in [-0.05, 0) is 12.8 Å². The monoisotopic (exact) mass is 247 g/mol. The summed E-state index contributed by atoms with van der Waals surface area (Å²) in [4.78, 5) is 0. The molecule has 0 aromatic carbocycles. The lowest BCUT2D eigenvalue weighted by Crippen LogP contribution is -2.34. The quantitative estimate of drug-likeness (QED) is 0.552. The summed E-state index contributed by atoms with van der Waals surface area (Å²) < 4.78 is 27.3. The predicted octanol–water partition coefficient (Wildman–Crippen LogP) is 2.88. The highest BCUT2D eigenvalue weighted by molar-refractivity contribution is 7.48. The van der Waals surface area contributed by atoms with Crippen LogP contribution in [0.4, 0.5) is 0 Å². The molecule has 6 heteroatoms. The lowest BCUT2D eigenvalue weighted by atomic mass is 9.84. The molecule has 0 bridgehead atoms. The number of hydrogen-bond donors (Lipinski definition) is 0. The van der Waals surface area contributed by atoms with Gasteiger partial charge >= 0.3 is 7.82 Å². The van der Waals surface area contributed by atoms with Crippen molar-refractivity contribution in [3.05, 3.63) is 0 Å². The van der Waals surface area contributed by atoms with E-state index in [-0.39, 0.29) is 18.4 Å². The molecule has 0 N–H and O–H groups in total. The van der Waals surface area contributed by atoms with Crippen LogP contribution < -0.4 is 0 Å². The fourth-order valence-electron chi connectivity index (χ4n) is 1.45. The third-order valence-corrected chi connectivity index (χ3v) is 4.41. The minimum atomic E-state index is -3.40. The van der Waals surface area contributed by atoms with Crippen LogP contribution in [0.3, 0.4) is 0 Å². The molecule has 0 aliphatic carbocycles. The average Bonchev–Trinajstić information content (AvgIpc) is 2.31. The number of nitrogens with zero attached hydrogens (tertiary/aromatic N) is 1. The molecule has 1 heterocycles. The van der Waals surface area contributed by atoms with Crippen LogP contribution in [-0.2, 0) is 18.1 Å². The van der Waals surface area contributed by atoms with E-state index in [1.165, 1.54) is 0 Å². The first kappa shape index (κ1) is 13.7. The summed E-state index contributed by atoms with van der Waals surface area (Å²) in [5.74, 6) is 0. The Morgan fingerprint density at radius 2 is 1.94 bits per heavy atom. The summed E-state index contributed by atoms with van der Waals surface area (Å²) >= 11 is 0. The maximum absolute atomic E-state index is 11.9. The highest BCUT2D eigenvalue weighted by Crippen LogP contribution is 2.55. The Morgan fingerprint density at radius 3 is 2.38 bits per heavy atom. The van der Waals surface area contributed by atoms with E-state index in [4.69, 9.17) is 18.8 Å². The predicted molar refractivity (Wildman–Crippen MR) is 58.7 cm³/mol. The van der Waals surface area contributed by atoms with Gasteiger partial charge in [-0.3, -0.25) is 13.6 Å². The fraction of sp³-hybridized carbons (Fsp3) is 0.900. The summed E-state index contributed by atoms with van der Waals surface area (Å²) in [5.41, 5.74) is -0.0491. The molecule has 1 fully saturated rings. The Hall–Kier alpha value is -0.400. The lowest BCUT2D eigenvalue weighted by Gasteiger charge is -2.37. The number of hydrogen-bond acceptors (Lipinski definition) is 5. The van der Waals surface area contributed by atoms with Gasteiger partial charge < -0.3 is 0 Å². The van der Waals surface area contributed by atoms with E-state index >= 15 is 0 Å². The third kappa shape index (κ3) is 3.29. The Morgan fingerprint density at radius 1 is 1.38 bits per heavy atom. The molecular formula is C10H18NO4P. The lowest BCUT2D eigenvalue weighted by molar-refractivity contribution is -0.0206. The van der Waals surface area contributed by atoms with E-state index in [9.17, 15) is 4.57 Å². The number of nitriles is 1. The molecule has 1 aliphatic heterocycles. The van der Waals surface area contributed by atoms with Gasteiger partial charge in [-0.1, -0.05) is 13.8 Å². The smallest absolute Gasteiger partial charge is 0.286 e. The zero-order valence-corrected chi connectivity index (χ0v) is 10.7. The van der Waals surface area contributed by atoms with Gasteiger partial charge in [-0.25, -0.2) is 4.57 Å². The van der Waals surface area contributed by atoms with E-state index in [1.807, 2.05) is 6.07 Å². The summed E-state index contributed by atoms with van der Waals surface area (Å²) in [6.45, 7) is 4.98. The third-order valence-electron chi connectivity index (χ3n) is 3.02. The molecule has 1 saturated heterocycles. The number of rotatable bonds is 5. The van der Waals surface area contributed by atoms with Gasteiger partial charge in [0.25, 0.3) is 0 Å². The van der Waals surface area contributed by atoms with Crippen molar-refractivity contribution >= 4 is 7.82 Å². The molecule has 1 rings (SSSR count).